The summed E-state index contributed by atoms with van der Waals surface area (Å²) >= 11 is 0. The van der Waals surface area contributed by atoms with Crippen molar-refractivity contribution >= 4 is 19.3 Å². The minimum Gasteiger partial charge on any atom is -0.0785 e. The smallest absolute Gasteiger partial charge is 0.0785 e. The first-order chi connectivity index (χ1) is 6.01. The summed E-state index contributed by atoms with van der Waals surface area (Å²) in [5, 5.41) is 3.22. The van der Waals surface area contributed by atoms with Gasteiger partial charge in [0.2, 0.25) is 0 Å². The molecule has 0 spiro atoms. The van der Waals surface area contributed by atoms with Crippen LogP contribution in [-0.2, 0) is 0 Å². The predicted molar refractivity (Wildman–Crippen MR) is 61.9 cm³/mol. The Kier molecular flexibility index (Phi) is 1.74. The average Bonchev–Trinajstić information content (AvgIpc) is 2.27. The van der Waals surface area contributed by atoms with Gasteiger partial charge in [-0.1, -0.05) is 48.1 Å². The first-order valence-corrected chi connectivity index (χ1v) is 7.82. The van der Waals surface area contributed by atoms with E-state index >= 15 is 0 Å². The first-order valence-electron chi connectivity index (χ1n) is 4.82. The van der Waals surface area contributed by atoms with E-state index in [2.05, 4.69) is 51.2 Å². The highest BCUT2D eigenvalue weighted by Gasteiger charge is 2.32. The Morgan fingerprint density at radius 1 is 1.08 bits per heavy atom. The largest absolute Gasteiger partial charge is 0.108 e. The van der Waals surface area contributed by atoms with Gasteiger partial charge in [0.25, 0.3) is 0 Å². The number of hydrogen-bond donors (Lipinski definition) is 0. The molecule has 0 aromatic heterocycles. The lowest BCUT2D eigenvalue weighted by molar-refractivity contribution is 1.48. The van der Waals surface area contributed by atoms with E-state index in [0.717, 1.165) is 0 Å². The van der Waals surface area contributed by atoms with Crippen LogP contribution in [0.3, 0.4) is 0 Å². The van der Waals surface area contributed by atoms with E-state index in [9.17, 15) is 0 Å². The lowest BCUT2D eigenvalue weighted by Crippen LogP contribution is -2.40. The van der Waals surface area contributed by atoms with Gasteiger partial charge in [0.1, 0.15) is 8.07 Å². The van der Waals surface area contributed by atoms with Crippen LogP contribution < -0.4 is 5.19 Å². The maximum Gasteiger partial charge on any atom is 0.108 e. The van der Waals surface area contributed by atoms with E-state index in [1.165, 1.54) is 11.1 Å². The van der Waals surface area contributed by atoms with Crippen LogP contribution in [0.15, 0.2) is 23.4 Å². The van der Waals surface area contributed by atoms with E-state index in [1.807, 2.05) is 0 Å². The van der Waals surface area contributed by atoms with Crippen molar-refractivity contribution in [3.05, 3.63) is 34.5 Å². The molecule has 0 nitrogen and oxygen atoms in total. The van der Waals surface area contributed by atoms with Crippen LogP contribution in [0.4, 0.5) is 0 Å². The van der Waals surface area contributed by atoms with Crippen LogP contribution in [0.1, 0.15) is 18.1 Å². The van der Waals surface area contributed by atoms with E-state index in [1.54, 1.807) is 10.4 Å². The zero-order valence-electron chi connectivity index (χ0n) is 8.81. The maximum atomic E-state index is 2.43. The van der Waals surface area contributed by atoms with Crippen molar-refractivity contribution in [2.45, 2.75) is 26.9 Å². The van der Waals surface area contributed by atoms with E-state index in [4.69, 9.17) is 0 Å². The Morgan fingerprint density at radius 2 is 1.77 bits per heavy atom. The average molecular weight is 188 g/mol. The fourth-order valence-corrected chi connectivity index (χ4v) is 4.37. The summed E-state index contributed by atoms with van der Waals surface area (Å²) in [6.45, 7) is 9.33. The second kappa shape index (κ2) is 2.58. The van der Waals surface area contributed by atoms with E-state index in [0.29, 0.717) is 0 Å². The SMILES string of the molecule is CC1=Cc2ccc(C)cc2[Si]1(C)C. The zero-order chi connectivity index (χ0) is 9.64. The molecule has 0 fully saturated rings. The second-order valence-corrected chi connectivity index (χ2v) is 9.12. The number of aryl methyl sites for hydroxylation is 1. The van der Waals surface area contributed by atoms with Gasteiger partial charge in [0.15, 0.2) is 0 Å². The molecule has 0 saturated carbocycles. The first kappa shape index (κ1) is 8.76. The van der Waals surface area contributed by atoms with Gasteiger partial charge in [-0.05, 0) is 24.6 Å². The summed E-state index contributed by atoms with van der Waals surface area (Å²) in [5.74, 6) is 0. The second-order valence-electron chi connectivity index (χ2n) is 4.54. The number of allylic oxidation sites excluding steroid dienone is 1. The van der Waals surface area contributed by atoms with Crippen molar-refractivity contribution in [2.24, 2.45) is 0 Å². The van der Waals surface area contributed by atoms with Crippen LogP contribution in [0, 0.1) is 6.92 Å². The van der Waals surface area contributed by atoms with Gasteiger partial charge in [0.05, 0.1) is 0 Å². The summed E-state index contributed by atoms with van der Waals surface area (Å²) < 4.78 is 0. The molecular formula is C12H16Si. The van der Waals surface area contributed by atoms with Crippen molar-refractivity contribution < 1.29 is 0 Å². The molecule has 0 aliphatic carbocycles. The Hall–Kier alpha value is -0.823. The van der Waals surface area contributed by atoms with Gasteiger partial charge in [-0.2, -0.15) is 0 Å². The van der Waals surface area contributed by atoms with Gasteiger partial charge >= 0.3 is 0 Å². The van der Waals surface area contributed by atoms with E-state index in [-0.39, 0.29) is 0 Å². The lowest BCUT2D eigenvalue weighted by Gasteiger charge is -2.19. The highest BCUT2D eigenvalue weighted by atomic mass is 28.3. The number of rotatable bonds is 0. The molecule has 0 atom stereocenters. The molecule has 0 radical (unpaired) electrons. The summed E-state index contributed by atoms with van der Waals surface area (Å²) in [7, 11) is -1.23. The van der Waals surface area contributed by atoms with Crippen molar-refractivity contribution in [3.8, 4) is 0 Å². The molecule has 1 aromatic carbocycles. The fraction of sp³-hybridized carbons (Fsp3) is 0.333. The van der Waals surface area contributed by atoms with Gasteiger partial charge < -0.3 is 0 Å². The molecule has 1 aliphatic rings. The molecule has 0 unspecified atom stereocenters. The predicted octanol–water partition coefficient (Wildman–Crippen LogP) is 2.87. The van der Waals surface area contributed by atoms with E-state index < -0.39 is 8.07 Å². The standard InChI is InChI=1S/C12H16Si/c1-9-5-6-11-8-10(2)13(3,4)12(11)7-9/h5-8H,1-4H3. The van der Waals surface area contributed by atoms with Crippen molar-refractivity contribution in [1.29, 1.82) is 0 Å². The quantitative estimate of drug-likeness (QED) is 0.549. The minimum absolute atomic E-state index is 1.23. The maximum absolute atomic E-state index is 2.43. The number of benzene rings is 1. The summed E-state index contributed by atoms with van der Waals surface area (Å²) in [6, 6.07) is 6.84. The molecule has 2 rings (SSSR count). The molecule has 0 amide bonds. The van der Waals surface area contributed by atoms with Crippen molar-refractivity contribution in [2.75, 3.05) is 0 Å². The third-order valence-electron chi connectivity index (χ3n) is 3.24. The lowest BCUT2D eigenvalue weighted by atomic mass is 10.1. The molecule has 1 heteroatoms. The number of fused-ring (bicyclic) bond motifs is 1. The third-order valence-corrected chi connectivity index (χ3v) is 7.14. The molecule has 0 N–H and O–H groups in total. The van der Waals surface area contributed by atoms with Gasteiger partial charge in [0, 0.05) is 0 Å². The molecular weight excluding hydrogens is 172 g/mol. The highest BCUT2D eigenvalue weighted by molar-refractivity contribution is 6.97. The van der Waals surface area contributed by atoms with Gasteiger partial charge in [-0.3, -0.25) is 0 Å². The molecule has 13 heavy (non-hydrogen) atoms. The van der Waals surface area contributed by atoms with Crippen molar-refractivity contribution in [1.82, 2.24) is 0 Å². The zero-order valence-corrected chi connectivity index (χ0v) is 9.81. The Morgan fingerprint density at radius 3 is 2.46 bits per heavy atom. The molecule has 1 heterocycles. The topological polar surface area (TPSA) is 0 Å². The van der Waals surface area contributed by atoms with Crippen LogP contribution in [-0.4, -0.2) is 8.07 Å². The van der Waals surface area contributed by atoms with Crippen molar-refractivity contribution in [3.63, 3.8) is 0 Å². The fourth-order valence-electron chi connectivity index (χ4n) is 1.96. The number of hydrogen-bond acceptors (Lipinski definition) is 0. The molecule has 68 valence electrons. The Balaban J connectivity index is 2.65. The van der Waals surface area contributed by atoms with Crippen LogP contribution in [0.25, 0.3) is 6.08 Å². The molecule has 0 saturated heterocycles. The van der Waals surface area contributed by atoms with Crippen LogP contribution >= 0.6 is 0 Å². The van der Waals surface area contributed by atoms with Gasteiger partial charge in [-0.25, -0.2) is 0 Å². The Bertz CT molecular complexity index is 386. The minimum atomic E-state index is -1.23. The summed E-state index contributed by atoms with van der Waals surface area (Å²) in [4.78, 5) is 0. The van der Waals surface area contributed by atoms with Crippen LogP contribution in [0.2, 0.25) is 13.1 Å². The molecule has 1 aromatic rings. The Labute approximate surface area is 81.3 Å². The molecule has 0 bridgehead atoms. The highest BCUT2D eigenvalue weighted by Crippen LogP contribution is 2.26. The molecule has 1 aliphatic heterocycles. The third kappa shape index (κ3) is 1.19. The van der Waals surface area contributed by atoms with Gasteiger partial charge in [-0.15, -0.1) is 0 Å². The normalized spacial score (nSPS) is 18.3. The van der Waals surface area contributed by atoms with Crippen LogP contribution in [0.5, 0.6) is 0 Å². The monoisotopic (exact) mass is 188 g/mol. The summed E-state index contributed by atoms with van der Waals surface area (Å²) in [5.41, 5.74) is 2.85. The summed E-state index contributed by atoms with van der Waals surface area (Å²) in [6.07, 6.45) is 2.36.